The molecule has 168 valence electrons. The summed E-state index contributed by atoms with van der Waals surface area (Å²) in [7, 11) is -2.50. The highest BCUT2D eigenvalue weighted by Crippen LogP contribution is 2.28. The zero-order valence-electron chi connectivity index (χ0n) is 17.6. The number of hydrogen-bond donors (Lipinski definition) is 1. The summed E-state index contributed by atoms with van der Waals surface area (Å²) < 4.78 is 36.8. The number of likely N-dealkylation sites (N-methyl/N-ethyl adjacent to an activating group) is 1. The predicted molar refractivity (Wildman–Crippen MR) is 118 cm³/mol. The lowest BCUT2D eigenvalue weighted by Gasteiger charge is -2.20. The maximum absolute atomic E-state index is 12.9. The minimum Gasteiger partial charge on any atom is -0.495 e. The van der Waals surface area contributed by atoms with Crippen LogP contribution in [0.4, 0.5) is 5.69 Å². The molecule has 0 spiro atoms. The molecule has 0 heterocycles. The minimum absolute atomic E-state index is 0.0312. The van der Waals surface area contributed by atoms with Crippen molar-refractivity contribution in [3.8, 4) is 5.75 Å². The smallest absolute Gasteiger partial charge is 0.310 e. The van der Waals surface area contributed by atoms with E-state index in [4.69, 9.17) is 21.1 Å². The third-order valence-corrected chi connectivity index (χ3v) is 6.54. The number of halogens is 1. The molecule has 0 unspecified atom stereocenters. The average molecular weight is 469 g/mol. The molecule has 0 aromatic heterocycles. The normalized spacial score (nSPS) is 11.3. The van der Waals surface area contributed by atoms with E-state index in [-0.39, 0.29) is 35.4 Å². The van der Waals surface area contributed by atoms with Crippen LogP contribution in [0.2, 0.25) is 5.02 Å². The Hall–Kier alpha value is -2.62. The molecule has 8 nitrogen and oxygen atoms in total. The van der Waals surface area contributed by atoms with E-state index in [1.807, 2.05) is 0 Å². The van der Waals surface area contributed by atoms with Gasteiger partial charge in [0.25, 0.3) is 0 Å². The molecule has 0 bridgehead atoms. The number of hydrogen-bond acceptors (Lipinski definition) is 6. The topological polar surface area (TPSA) is 102 Å². The average Bonchev–Trinajstić information content (AvgIpc) is 2.73. The van der Waals surface area contributed by atoms with Crippen LogP contribution in [0.15, 0.2) is 47.4 Å². The van der Waals surface area contributed by atoms with E-state index in [0.29, 0.717) is 18.0 Å². The Bertz CT molecular complexity index is 1020. The van der Waals surface area contributed by atoms with Crippen molar-refractivity contribution in [3.63, 3.8) is 0 Å². The van der Waals surface area contributed by atoms with Gasteiger partial charge >= 0.3 is 5.97 Å². The molecular weight excluding hydrogens is 444 g/mol. The van der Waals surface area contributed by atoms with E-state index < -0.39 is 15.9 Å². The number of carbonyl (C=O) groups is 2. The van der Waals surface area contributed by atoms with Crippen molar-refractivity contribution in [1.29, 1.82) is 0 Å². The quantitative estimate of drug-likeness (QED) is 0.537. The van der Waals surface area contributed by atoms with E-state index in [1.54, 1.807) is 38.1 Å². The molecule has 2 rings (SSSR count). The highest BCUT2D eigenvalue weighted by atomic mass is 35.5. The van der Waals surface area contributed by atoms with Crippen LogP contribution in [0.1, 0.15) is 19.4 Å². The SMILES string of the molecule is CCOC(=O)Cc1ccc(NC(=O)CN(CC)S(=O)(=O)c2ccc(OC)c(Cl)c2)cc1. The maximum atomic E-state index is 12.9. The van der Waals surface area contributed by atoms with Gasteiger partial charge in [0.2, 0.25) is 15.9 Å². The molecule has 0 saturated heterocycles. The van der Waals surface area contributed by atoms with Gasteiger partial charge < -0.3 is 14.8 Å². The molecule has 2 aromatic rings. The molecule has 0 aliphatic rings. The van der Waals surface area contributed by atoms with E-state index in [9.17, 15) is 18.0 Å². The van der Waals surface area contributed by atoms with E-state index >= 15 is 0 Å². The van der Waals surface area contributed by atoms with Crippen molar-refractivity contribution in [3.05, 3.63) is 53.1 Å². The Morgan fingerprint density at radius 2 is 1.77 bits per heavy atom. The number of esters is 1. The molecule has 0 atom stereocenters. The summed E-state index contributed by atoms with van der Waals surface area (Å²) in [5.41, 5.74) is 1.23. The van der Waals surface area contributed by atoms with Crippen molar-refractivity contribution < 1.29 is 27.5 Å². The third-order valence-electron chi connectivity index (χ3n) is 4.33. The Balaban J connectivity index is 2.05. The highest BCUT2D eigenvalue weighted by molar-refractivity contribution is 7.89. The minimum atomic E-state index is -3.93. The lowest BCUT2D eigenvalue weighted by Crippen LogP contribution is -2.37. The molecule has 1 N–H and O–H groups in total. The van der Waals surface area contributed by atoms with Crippen molar-refractivity contribution in [1.82, 2.24) is 4.31 Å². The van der Waals surface area contributed by atoms with Gasteiger partial charge in [0, 0.05) is 12.2 Å². The molecule has 0 saturated carbocycles. The summed E-state index contributed by atoms with van der Waals surface area (Å²) in [6, 6.07) is 10.8. The molecule has 0 fully saturated rings. The van der Waals surface area contributed by atoms with Crippen LogP contribution in [-0.4, -0.2) is 51.4 Å². The molecule has 0 aliphatic carbocycles. The van der Waals surface area contributed by atoms with Gasteiger partial charge in [-0.2, -0.15) is 4.31 Å². The van der Waals surface area contributed by atoms with Crippen molar-refractivity contribution in [2.75, 3.05) is 32.1 Å². The molecule has 10 heteroatoms. The number of methoxy groups -OCH3 is 1. The first-order chi connectivity index (χ1) is 14.7. The predicted octanol–water partition coefficient (Wildman–Crippen LogP) is 3.10. The standard InChI is InChI=1S/C21H25ClN2O6S/c1-4-24(31(27,28)17-10-11-19(29-3)18(22)13-17)14-20(25)23-16-8-6-15(7-9-16)12-21(26)30-5-2/h6-11,13H,4-5,12,14H2,1-3H3,(H,23,25). The lowest BCUT2D eigenvalue weighted by atomic mass is 10.1. The molecule has 1 amide bonds. The third kappa shape index (κ3) is 6.68. The Kier molecular flexibility index (Phi) is 8.85. The summed E-state index contributed by atoms with van der Waals surface area (Å²) in [4.78, 5) is 23.9. The maximum Gasteiger partial charge on any atom is 0.310 e. The zero-order valence-corrected chi connectivity index (χ0v) is 19.1. The fourth-order valence-electron chi connectivity index (χ4n) is 2.77. The number of nitrogens with zero attached hydrogens (tertiary/aromatic N) is 1. The van der Waals surface area contributed by atoms with Gasteiger partial charge in [-0.1, -0.05) is 30.7 Å². The molecule has 2 aromatic carbocycles. The van der Waals surface area contributed by atoms with E-state index in [1.165, 1.54) is 25.3 Å². The fraction of sp³-hybridized carbons (Fsp3) is 0.333. The number of carbonyl (C=O) groups excluding carboxylic acids is 2. The van der Waals surface area contributed by atoms with Crippen LogP contribution in [0.3, 0.4) is 0 Å². The van der Waals surface area contributed by atoms with Crippen molar-refractivity contribution >= 4 is 39.2 Å². The molecule has 31 heavy (non-hydrogen) atoms. The first-order valence-corrected chi connectivity index (χ1v) is 11.4. The first kappa shape index (κ1) is 24.6. The molecule has 0 aliphatic heterocycles. The Morgan fingerprint density at radius 1 is 1.10 bits per heavy atom. The van der Waals surface area contributed by atoms with Gasteiger partial charge in [-0.15, -0.1) is 0 Å². The first-order valence-electron chi connectivity index (χ1n) is 9.59. The molecule has 0 radical (unpaired) electrons. The Morgan fingerprint density at radius 3 is 2.32 bits per heavy atom. The van der Waals surface area contributed by atoms with Gasteiger partial charge in [-0.3, -0.25) is 9.59 Å². The zero-order chi connectivity index (χ0) is 23.0. The number of anilines is 1. The second-order valence-electron chi connectivity index (χ2n) is 6.45. The van der Waals surface area contributed by atoms with Crippen LogP contribution in [-0.2, 0) is 30.8 Å². The lowest BCUT2D eigenvalue weighted by molar-refractivity contribution is -0.142. The second kappa shape index (κ2) is 11.1. The van der Waals surface area contributed by atoms with Crippen molar-refractivity contribution in [2.24, 2.45) is 0 Å². The number of ether oxygens (including phenoxy) is 2. The largest absolute Gasteiger partial charge is 0.495 e. The summed E-state index contributed by atoms with van der Waals surface area (Å²) in [6.45, 7) is 3.41. The van der Waals surface area contributed by atoms with Crippen LogP contribution < -0.4 is 10.1 Å². The van der Waals surface area contributed by atoms with Gasteiger partial charge in [-0.05, 0) is 42.8 Å². The van der Waals surface area contributed by atoms with Crippen molar-refractivity contribution in [2.45, 2.75) is 25.2 Å². The number of nitrogens with one attached hydrogen (secondary N) is 1. The highest BCUT2D eigenvalue weighted by Gasteiger charge is 2.26. The monoisotopic (exact) mass is 468 g/mol. The number of rotatable bonds is 10. The van der Waals surface area contributed by atoms with Crippen LogP contribution >= 0.6 is 11.6 Å². The van der Waals surface area contributed by atoms with Gasteiger partial charge in [-0.25, -0.2) is 8.42 Å². The van der Waals surface area contributed by atoms with E-state index in [2.05, 4.69) is 5.32 Å². The van der Waals surface area contributed by atoms with E-state index in [0.717, 1.165) is 9.87 Å². The summed E-state index contributed by atoms with van der Waals surface area (Å²) in [5, 5.41) is 2.82. The van der Waals surface area contributed by atoms with Crippen LogP contribution in [0, 0.1) is 0 Å². The molecular formula is C21H25ClN2O6S. The fourth-order valence-corrected chi connectivity index (χ4v) is 4.52. The van der Waals surface area contributed by atoms with Gasteiger partial charge in [0.05, 0.1) is 36.6 Å². The van der Waals surface area contributed by atoms with Crippen LogP contribution in [0.25, 0.3) is 0 Å². The number of sulfonamides is 1. The summed E-state index contributed by atoms with van der Waals surface area (Å²) >= 11 is 6.04. The number of benzene rings is 2. The Labute approximate surface area is 187 Å². The van der Waals surface area contributed by atoms with Gasteiger partial charge in [0.1, 0.15) is 5.75 Å². The second-order valence-corrected chi connectivity index (χ2v) is 8.80. The number of amides is 1. The van der Waals surface area contributed by atoms with Gasteiger partial charge in [0.15, 0.2) is 0 Å². The van der Waals surface area contributed by atoms with Crippen LogP contribution in [0.5, 0.6) is 5.75 Å². The summed E-state index contributed by atoms with van der Waals surface area (Å²) in [5.74, 6) is -0.474. The summed E-state index contributed by atoms with van der Waals surface area (Å²) in [6.07, 6.45) is 0.133.